The number of benzene rings is 3. The maximum atomic E-state index is 12.7. The lowest BCUT2D eigenvalue weighted by Gasteiger charge is -2.15. The number of hydrogen-bond donors (Lipinski definition) is 1. The third-order valence-corrected chi connectivity index (χ3v) is 5.79. The Kier molecular flexibility index (Phi) is 4.82. The molecule has 3 aromatic carbocycles. The molecule has 0 fully saturated rings. The maximum absolute atomic E-state index is 12.7. The first kappa shape index (κ1) is 17.6. The lowest BCUT2D eigenvalue weighted by Crippen LogP contribution is -2.26. The van der Waals surface area contributed by atoms with Crippen LogP contribution >= 0.6 is 11.8 Å². The number of carbonyl (C=O) groups excluding carboxylic acids is 1. The highest BCUT2D eigenvalue weighted by Crippen LogP contribution is 2.40. The van der Waals surface area contributed by atoms with Gasteiger partial charge in [0, 0.05) is 26.6 Å². The Morgan fingerprint density at radius 3 is 2.52 bits per heavy atom. The van der Waals surface area contributed by atoms with Crippen LogP contribution in [-0.4, -0.2) is 11.6 Å². The molecule has 1 aliphatic heterocycles. The van der Waals surface area contributed by atoms with Crippen molar-refractivity contribution in [3.8, 4) is 0 Å². The van der Waals surface area contributed by atoms with Crippen LogP contribution < -0.4 is 5.32 Å². The van der Waals surface area contributed by atoms with Crippen molar-refractivity contribution in [1.82, 2.24) is 5.32 Å². The van der Waals surface area contributed by atoms with E-state index in [4.69, 9.17) is 4.99 Å². The molecule has 1 amide bonds. The lowest BCUT2D eigenvalue weighted by molar-refractivity contribution is 0.0940. The van der Waals surface area contributed by atoms with Crippen LogP contribution in [0.25, 0.3) is 0 Å². The second kappa shape index (κ2) is 7.41. The van der Waals surface area contributed by atoms with Crippen LogP contribution in [-0.2, 0) is 0 Å². The Bertz CT molecular complexity index is 1030. The zero-order valence-corrected chi connectivity index (χ0v) is 16.1. The average molecular weight is 372 g/mol. The van der Waals surface area contributed by atoms with Gasteiger partial charge in [-0.2, -0.15) is 0 Å². The van der Waals surface area contributed by atoms with Gasteiger partial charge in [-0.1, -0.05) is 60.3 Å². The molecule has 1 N–H and O–H groups in total. The number of aliphatic imine (C=N–C) groups is 1. The van der Waals surface area contributed by atoms with Crippen LogP contribution in [0.1, 0.15) is 41.4 Å². The number of nitrogens with one attached hydrogen (secondary N) is 1. The van der Waals surface area contributed by atoms with Crippen molar-refractivity contribution in [3.63, 3.8) is 0 Å². The fourth-order valence-electron chi connectivity index (χ4n) is 3.15. The highest BCUT2D eigenvalue weighted by atomic mass is 32.2. The van der Waals surface area contributed by atoms with Crippen LogP contribution in [0.2, 0.25) is 0 Å². The number of nitrogens with zero attached hydrogens (tertiary/aromatic N) is 1. The van der Waals surface area contributed by atoms with Gasteiger partial charge in [0.2, 0.25) is 0 Å². The second-order valence-electron chi connectivity index (χ2n) is 6.58. The molecule has 1 atom stereocenters. The summed E-state index contributed by atoms with van der Waals surface area (Å²) >= 11 is 1.69. The Morgan fingerprint density at radius 2 is 1.70 bits per heavy atom. The summed E-state index contributed by atoms with van der Waals surface area (Å²) in [6.45, 7) is 4.00. The summed E-state index contributed by atoms with van der Waals surface area (Å²) in [5.41, 5.74) is 4.66. The molecule has 3 aromatic rings. The molecular weight excluding hydrogens is 352 g/mol. The molecule has 27 heavy (non-hydrogen) atoms. The summed E-state index contributed by atoms with van der Waals surface area (Å²) in [5.74, 6) is -0.0891. The molecule has 1 unspecified atom stereocenters. The van der Waals surface area contributed by atoms with Gasteiger partial charge in [-0.25, -0.2) is 0 Å². The van der Waals surface area contributed by atoms with E-state index in [-0.39, 0.29) is 11.9 Å². The molecule has 0 bridgehead atoms. The van der Waals surface area contributed by atoms with Crippen LogP contribution in [0.4, 0.5) is 5.69 Å². The molecule has 1 heterocycles. The van der Waals surface area contributed by atoms with Gasteiger partial charge in [-0.3, -0.25) is 9.79 Å². The second-order valence-corrected chi connectivity index (χ2v) is 7.67. The summed E-state index contributed by atoms with van der Waals surface area (Å²) in [7, 11) is 0. The molecule has 0 spiro atoms. The first-order valence-electron chi connectivity index (χ1n) is 8.94. The van der Waals surface area contributed by atoms with E-state index in [9.17, 15) is 4.79 Å². The van der Waals surface area contributed by atoms with Crippen molar-refractivity contribution in [2.45, 2.75) is 29.7 Å². The van der Waals surface area contributed by atoms with Gasteiger partial charge in [0.25, 0.3) is 5.91 Å². The van der Waals surface area contributed by atoms with E-state index in [1.54, 1.807) is 11.8 Å². The normalized spacial score (nSPS) is 13.6. The molecule has 3 nitrogen and oxygen atoms in total. The van der Waals surface area contributed by atoms with Gasteiger partial charge in [-0.05, 0) is 43.7 Å². The van der Waals surface area contributed by atoms with E-state index in [1.165, 1.54) is 4.90 Å². The standard InChI is InChI=1S/C23H20N2OS/c1-15(17-8-4-3-5-9-17)25-23(26)18-12-13-22-20(14-18)24-16(2)19-10-6-7-11-21(19)27-22/h3-15H,1-2H3,(H,25,26). The monoisotopic (exact) mass is 372 g/mol. The van der Waals surface area contributed by atoms with E-state index in [2.05, 4.69) is 17.4 Å². The number of carbonyl (C=O) groups is 1. The maximum Gasteiger partial charge on any atom is 0.251 e. The summed E-state index contributed by atoms with van der Waals surface area (Å²) in [6.07, 6.45) is 0. The number of hydrogen-bond acceptors (Lipinski definition) is 3. The highest BCUT2D eigenvalue weighted by molar-refractivity contribution is 7.99. The Hall–Kier alpha value is -2.85. The third kappa shape index (κ3) is 3.67. The van der Waals surface area contributed by atoms with Gasteiger partial charge in [0.1, 0.15) is 0 Å². The van der Waals surface area contributed by atoms with Crippen LogP contribution in [0.5, 0.6) is 0 Å². The quantitative estimate of drug-likeness (QED) is 0.633. The minimum absolute atomic E-state index is 0.0543. The molecule has 4 heteroatoms. The van der Waals surface area contributed by atoms with E-state index >= 15 is 0 Å². The topological polar surface area (TPSA) is 41.5 Å². The van der Waals surface area contributed by atoms with E-state index in [1.807, 2.05) is 74.5 Å². The molecule has 0 saturated heterocycles. The molecule has 0 aliphatic carbocycles. The predicted molar refractivity (Wildman–Crippen MR) is 111 cm³/mol. The van der Waals surface area contributed by atoms with Crippen molar-refractivity contribution in [3.05, 3.63) is 89.5 Å². The Balaban J connectivity index is 1.61. The Labute approximate surface area is 163 Å². The van der Waals surface area contributed by atoms with E-state index < -0.39 is 0 Å². The third-order valence-electron chi connectivity index (χ3n) is 4.65. The summed E-state index contributed by atoms with van der Waals surface area (Å²) in [5, 5.41) is 3.07. The van der Waals surface area contributed by atoms with Crippen molar-refractivity contribution < 1.29 is 4.79 Å². The first-order chi connectivity index (χ1) is 13.1. The SMILES string of the molecule is CC1=Nc2cc(C(=O)NC(C)c3ccccc3)ccc2Sc2ccccc21. The average Bonchev–Trinajstić information content (AvgIpc) is 2.84. The fraction of sp³-hybridized carbons (Fsp3) is 0.130. The van der Waals surface area contributed by atoms with Crippen molar-refractivity contribution >= 4 is 29.1 Å². The summed E-state index contributed by atoms with van der Waals surface area (Å²) in [6, 6.07) is 23.9. The minimum atomic E-state index is -0.0891. The molecular formula is C23H20N2OS. The van der Waals surface area contributed by atoms with Gasteiger partial charge in [0.05, 0.1) is 11.7 Å². The number of rotatable bonds is 3. The van der Waals surface area contributed by atoms with E-state index in [0.29, 0.717) is 5.56 Å². The summed E-state index contributed by atoms with van der Waals surface area (Å²) in [4.78, 5) is 19.8. The van der Waals surface area contributed by atoms with E-state index in [0.717, 1.165) is 27.4 Å². The fourth-order valence-corrected chi connectivity index (χ4v) is 4.21. The van der Waals surface area contributed by atoms with Gasteiger partial charge in [0.15, 0.2) is 0 Å². The van der Waals surface area contributed by atoms with Crippen LogP contribution in [0, 0.1) is 0 Å². The molecule has 134 valence electrons. The van der Waals surface area contributed by atoms with Crippen molar-refractivity contribution in [2.75, 3.05) is 0 Å². The van der Waals surface area contributed by atoms with Crippen LogP contribution in [0.3, 0.4) is 0 Å². The van der Waals surface area contributed by atoms with Crippen molar-refractivity contribution in [1.29, 1.82) is 0 Å². The number of amides is 1. The first-order valence-corrected chi connectivity index (χ1v) is 9.76. The van der Waals surface area contributed by atoms with Gasteiger partial charge >= 0.3 is 0 Å². The van der Waals surface area contributed by atoms with Crippen molar-refractivity contribution in [2.24, 2.45) is 4.99 Å². The molecule has 0 saturated carbocycles. The molecule has 1 aliphatic rings. The largest absolute Gasteiger partial charge is 0.346 e. The Morgan fingerprint density at radius 1 is 0.963 bits per heavy atom. The summed E-state index contributed by atoms with van der Waals surface area (Å²) < 4.78 is 0. The molecule has 0 radical (unpaired) electrons. The minimum Gasteiger partial charge on any atom is -0.346 e. The number of fused-ring (bicyclic) bond motifs is 2. The van der Waals surface area contributed by atoms with Crippen LogP contribution in [0.15, 0.2) is 87.6 Å². The van der Waals surface area contributed by atoms with Gasteiger partial charge < -0.3 is 5.32 Å². The van der Waals surface area contributed by atoms with Gasteiger partial charge in [-0.15, -0.1) is 0 Å². The highest BCUT2D eigenvalue weighted by Gasteiger charge is 2.17. The smallest absolute Gasteiger partial charge is 0.251 e. The molecule has 0 aromatic heterocycles. The molecule has 4 rings (SSSR count). The lowest BCUT2D eigenvalue weighted by atomic mass is 10.1. The predicted octanol–water partition coefficient (Wildman–Crippen LogP) is 5.78. The zero-order chi connectivity index (χ0) is 18.8. The zero-order valence-electron chi connectivity index (χ0n) is 15.3.